The first-order valence-electron chi connectivity index (χ1n) is 7.07. The van der Waals surface area contributed by atoms with E-state index in [1.165, 1.54) is 27.8 Å². The SMILES string of the molecule is CC1=CC(C)=C(c2ccccc2CNC(C)(C)C)C1. The normalized spacial score (nSPS) is 15.9. The van der Waals surface area contributed by atoms with Crippen molar-refractivity contribution >= 4 is 5.57 Å². The summed E-state index contributed by atoms with van der Waals surface area (Å²) in [6.45, 7) is 12.0. The maximum atomic E-state index is 3.59. The summed E-state index contributed by atoms with van der Waals surface area (Å²) in [5, 5.41) is 3.59. The number of nitrogens with one attached hydrogen (secondary N) is 1. The minimum absolute atomic E-state index is 0.153. The third kappa shape index (κ3) is 3.57. The van der Waals surface area contributed by atoms with Gasteiger partial charge in [0.05, 0.1) is 0 Å². The molecule has 2 rings (SSSR count). The first-order chi connectivity index (χ1) is 8.87. The zero-order chi connectivity index (χ0) is 14.0. The van der Waals surface area contributed by atoms with Gasteiger partial charge in [-0.15, -0.1) is 0 Å². The highest BCUT2D eigenvalue weighted by Crippen LogP contribution is 2.34. The van der Waals surface area contributed by atoms with Crippen LogP contribution in [0.25, 0.3) is 5.57 Å². The standard InChI is InChI=1S/C18H25N/c1-13-10-14(2)17(11-13)16-9-7-6-8-15(16)12-19-18(3,4)5/h6-10,19H,11-12H2,1-5H3. The van der Waals surface area contributed by atoms with Gasteiger partial charge in [0.1, 0.15) is 0 Å². The van der Waals surface area contributed by atoms with Crippen LogP contribution in [0, 0.1) is 0 Å². The van der Waals surface area contributed by atoms with Gasteiger partial charge in [0.15, 0.2) is 0 Å². The maximum absolute atomic E-state index is 3.59. The van der Waals surface area contributed by atoms with E-state index >= 15 is 0 Å². The van der Waals surface area contributed by atoms with Gasteiger partial charge < -0.3 is 5.32 Å². The van der Waals surface area contributed by atoms with Crippen LogP contribution in [0.2, 0.25) is 0 Å². The summed E-state index contributed by atoms with van der Waals surface area (Å²) in [6, 6.07) is 8.77. The summed E-state index contributed by atoms with van der Waals surface area (Å²) in [5.74, 6) is 0. The molecule has 0 saturated carbocycles. The Morgan fingerprint density at radius 3 is 2.37 bits per heavy atom. The van der Waals surface area contributed by atoms with Gasteiger partial charge >= 0.3 is 0 Å². The molecule has 1 aromatic carbocycles. The molecule has 0 fully saturated rings. The van der Waals surface area contributed by atoms with Crippen molar-refractivity contribution in [1.82, 2.24) is 5.32 Å². The van der Waals surface area contributed by atoms with E-state index in [-0.39, 0.29) is 5.54 Å². The van der Waals surface area contributed by atoms with Crippen molar-refractivity contribution in [3.63, 3.8) is 0 Å². The van der Waals surface area contributed by atoms with Gasteiger partial charge in [-0.3, -0.25) is 0 Å². The van der Waals surface area contributed by atoms with Crippen LogP contribution < -0.4 is 5.32 Å². The van der Waals surface area contributed by atoms with Crippen molar-refractivity contribution in [2.24, 2.45) is 0 Å². The molecular weight excluding hydrogens is 230 g/mol. The lowest BCUT2D eigenvalue weighted by atomic mass is 9.95. The fourth-order valence-corrected chi connectivity index (χ4v) is 2.56. The molecule has 1 heteroatoms. The van der Waals surface area contributed by atoms with Gasteiger partial charge in [0, 0.05) is 12.1 Å². The van der Waals surface area contributed by atoms with E-state index in [0.29, 0.717) is 0 Å². The minimum atomic E-state index is 0.153. The monoisotopic (exact) mass is 255 g/mol. The minimum Gasteiger partial charge on any atom is -0.308 e. The molecule has 1 nitrogen and oxygen atoms in total. The lowest BCUT2D eigenvalue weighted by Gasteiger charge is -2.22. The quantitative estimate of drug-likeness (QED) is 0.825. The van der Waals surface area contributed by atoms with Gasteiger partial charge in [-0.1, -0.05) is 35.9 Å². The second-order valence-electron chi connectivity index (χ2n) is 6.59. The Bertz CT molecular complexity index is 527. The molecule has 0 unspecified atom stereocenters. The van der Waals surface area contributed by atoms with Crippen molar-refractivity contribution < 1.29 is 0 Å². The van der Waals surface area contributed by atoms with Crippen molar-refractivity contribution in [2.75, 3.05) is 0 Å². The Hall–Kier alpha value is -1.34. The summed E-state index contributed by atoms with van der Waals surface area (Å²) in [5.41, 5.74) is 7.33. The van der Waals surface area contributed by atoms with Gasteiger partial charge in [0.25, 0.3) is 0 Å². The second kappa shape index (κ2) is 5.34. The zero-order valence-electron chi connectivity index (χ0n) is 12.8. The smallest absolute Gasteiger partial charge is 0.0216 e. The first-order valence-corrected chi connectivity index (χ1v) is 7.07. The third-order valence-corrected chi connectivity index (χ3v) is 3.55. The molecule has 0 atom stereocenters. The van der Waals surface area contributed by atoms with Gasteiger partial charge in [-0.2, -0.15) is 0 Å². The highest BCUT2D eigenvalue weighted by Gasteiger charge is 2.16. The Balaban J connectivity index is 2.25. The zero-order valence-corrected chi connectivity index (χ0v) is 12.8. The molecule has 0 bridgehead atoms. The molecule has 1 aliphatic rings. The summed E-state index contributed by atoms with van der Waals surface area (Å²) >= 11 is 0. The van der Waals surface area contributed by atoms with Gasteiger partial charge in [-0.25, -0.2) is 0 Å². The molecule has 0 aromatic heterocycles. The predicted molar refractivity (Wildman–Crippen MR) is 84.0 cm³/mol. The molecule has 1 N–H and O–H groups in total. The third-order valence-electron chi connectivity index (χ3n) is 3.55. The summed E-state index contributed by atoms with van der Waals surface area (Å²) in [4.78, 5) is 0. The van der Waals surface area contributed by atoms with E-state index in [0.717, 1.165) is 13.0 Å². The van der Waals surface area contributed by atoms with E-state index in [1.54, 1.807) is 0 Å². The van der Waals surface area contributed by atoms with E-state index in [2.05, 4.69) is 70.3 Å². The van der Waals surface area contributed by atoms with Crippen LogP contribution in [0.3, 0.4) is 0 Å². The highest BCUT2D eigenvalue weighted by atomic mass is 14.9. The van der Waals surface area contributed by atoms with Crippen molar-refractivity contribution in [3.8, 4) is 0 Å². The molecule has 1 aliphatic carbocycles. The molecular formula is C18H25N. The topological polar surface area (TPSA) is 12.0 Å². The Kier molecular flexibility index (Phi) is 3.96. The largest absolute Gasteiger partial charge is 0.308 e. The maximum Gasteiger partial charge on any atom is 0.0216 e. The van der Waals surface area contributed by atoms with Crippen LogP contribution in [0.4, 0.5) is 0 Å². The van der Waals surface area contributed by atoms with Gasteiger partial charge in [-0.05, 0) is 63.3 Å². The molecule has 1 aromatic rings. The Morgan fingerprint density at radius 1 is 1.11 bits per heavy atom. The van der Waals surface area contributed by atoms with Crippen LogP contribution in [0.1, 0.15) is 52.2 Å². The van der Waals surface area contributed by atoms with Crippen LogP contribution in [0.15, 0.2) is 41.5 Å². The second-order valence-corrected chi connectivity index (χ2v) is 6.59. The fourth-order valence-electron chi connectivity index (χ4n) is 2.56. The Labute approximate surface area is 117 Å². The molecule has 0 saturated heterocycles. The predicted octanol–water partition coefficient (Wildman–Crippen LogP) is 4.70. The van der Waals surface area contributed by atoms with E-state index in [4.69, 9.17) is 0 Å². The van der Waals surface area contributed by atoms with Crippen LogP contribution in [-0.2, 0) is 6.54 Å². The molecule has 0 spiro atoms. The average Bonchev–Trinajstić information content (AvgIpc) is 2.65. The average molecular weight is 255 g/mol. The lowest BCUT2D eigenvalue weighted by molar-refractivity contribution is 0.424. The van der Waals surface area contributed by atoms with Crippen molar-refractivity contribution in [1.29, 1.82) is 0 Å². The van der Waals surface area contributed by atoms with E-state index < -0.39 is 0 Å². The van der Waals surface area contributed by atoms with Crippen LogP contribution in [0.5, 0.6) is 0 Å². The summed E-state index contributed by atoms with van der Waals surface area (Å²) in [7, 11) is 0. The summed E-state index contributed by atoms with van der Waals surface area (Å²) in [6.07, 6.45) is 3.40. The molecule has 19 heavy (non-hydrogen) atoms. The molecule has 0 amide bonds. The number of benzene rings is 1. The van der Waals surface area contributed by atoms with Crippen LogP contribution >= 0.6 is 0 Å². The molecule has 0 heterocycles. The summed E-state index contributed by atoms with van der Waals surface area (Å²) < 4.78 is 0. The Morgan fingerprint density at radius 2 is 1.79 bits per heavy atom. The number of hydrogen-bond acceptors (Lipinski definition) is 1. The fraction of sp³-hybridized carbons (Fsp3) is 0.444. The van der Waals surface area contributed by atoms with Gasteiger partial charge in [0.2, 0.25) is 0 Å². The van der Waals surface area contributed by atoms with Crippen molar-refractivity contribution in [2.45, 2.75) is 53.1 Å². The number of allylic oxidation sites excluding steroid dienone is 4. The highest BCUT2D eigenvalue weighted by molar-refractivity contribution is 5.77. The first kappa shape index (κ1) is 14.1. The van der Waals surface area contributed by atoms with Crippen LogP contribution in [-0.4, -0.2) is 5.54 Å². The molecule has 102 valence electrons. The lowest BCUT2D eigenvalue weighted by Crippen LogP contribution is -2.35. The number of rotatable bonds is 3. The van der Waals surface area contributed by atoms with Crippen molar-refractivity contribution in [3.05, 3.63) is 52.6 Å². The number of hydrogen-bond donors (Lipinski definition) is 1. The van der Waals surface area contributed by atoms with E-state index in [1.807, 2.05) is 0 Å². The van der Waals surface area contributed by atoms with E-state index in [9.17, 15) is 0 Å². The molecule has 0 radical (unpaired) electrons. The molecule has 0 aliphatic heterocycles.